The van der Waals surface area contributed by atoms with E-state index in [9.17, 15) is 19.2 Å². The maximum atomic E-state index is 12.0. The van der Waals surface area contributed by atoms with Gasteiger partial charge in [0.15, 0.2) is 5.65 Å². The number of carboxylic acid groups (broad SMARTS) is 1. The molecule has 0 aromatic carbocycles. The third-order valence-corrected chi connectivity index (χ3v) is 4.66. The van der Waals surface area contributed by atoms with Gasteiger partial charge in [-0.1, -0.05) is 0 Å². The number of carbonyl (C=O) groups is 3. The predicted octanol–water partition coefficient (Wildman–Crippen LogP) is 0.729. The van der Waals surface area contributed by atoms with Crippen molar-refractivity contribution in [1.29, 1.82) is 0 Å². The van der Waals surface area contributed by atoms with Gasteiger partial charge in [0.25, 0.3) is 0 Å². The van der Waals surface area contributed by atoms with Crippen LogP contribution in [-0.4, -0.2) is 43.9 Å². The first kappa shape index (κ1) is 18.6. The number of pyridine rings is 1. The first-order chi connectivity index (χ1) is 12.9. The molecular weight excluding hydrogens is 354 g/mol. The summed E-state index contributed by atoms with van der Waals surface area (Å²) in [5.41, 5.74) is 0.498. The van der Waals surface area contributed by atoms with Crippen molar-refractivity contribution in [2.45, 2.75) is 44.6 Å². The average molecular weight is 375 g/mol. The molecule has 2 aromatic heterocycles. The average Bonchev–Trinajstić information content (AvgIpc) is 3.00. The number of aliphatic carboxylic acids is 1. The van der Waals surface area contributed by atoms with Gasteiger partial charge in [0.1, 0.15) is 5.82 Å². The summed E-state index contributed by atoms with van der Waals surface area (Å²) in [5, 5.41) is 14.4. The zero-order valence-electron chi connectivity index (χ0n) is 14.6. The van der Waals surface area contributed by atoms with Crippen molar-refractivity contribution in [3.05, 3.63) is 22.6 Å². The Labute approximate surface area is 153 Å². The topological polar surface area (TPSA) is 157 Å². The number of nitrogens with one attached hydrogen (secondary N) is 4. The number of aromatic nitrogens is 3. The summed E-state index contributed by atoms with van der Waals surface area (Å²) in [7, 11) is 0. The Morgan fingerprint density at radius 1 is 1.07 bits per heavy atom. The molecule has 0 aliphatic heterocycles. The lowest BCUT2D eigenvalue weighted by Crippen LogP contribution is -2.38. The minimum atomic E-state index is -0.785. The minimum Gasteiger partial charge on any atom is -0.481 e. The molecule has 10 heteroatoms. The summed E-state index contributed by atoms with van der Waals surface area (Å²) in [5.74, 6) is -1.42. The highest BCUT2D eigenvalue weighted by Gasteiger charge is 2.26. The van der Waals surface area contributed by atoms with E-state index in [0.29, 0.717) is 36.8 Å². The Kier molecular flexibility index (Phi) is 5.53. The highest BCUT2D eigenvalue weighted by molar-refractivity contribution is 5.93. The van der Waals surface area contributed by atoms with E-state index in [0.717, 1.165) is 0 Å². The molecule has 27 heavy (non-hydrogen) atoms. The van der Waals surface area contributed by atoms with Crippen LogP contribution in [-0.2, 0) is 14.4 Å². The summed E-state index contributed by atoms with van der Waals surface area (Å²) in [6, 6.07) is 3.15. The first-order valence-electron chi connectivity index (χ1n) is 8.82. The minimum absolute atomic E-state index is 0.000319. The van der Waals surface area contributed by atoms with Crippen molar-refractivity contribution in [3.63, 3.8) is 0 Å². The molecule has 1 fully saturated rings. The van der Waals surface area contributed by atoms with E-state index in [1.165, 1.54) is 0 Å². The van der Waals surface area contributed by atoms with E-state index in [1.807, 2.05) is 0 Å². The van der Waals surface area contributed by atoms with Crippen LogP contribution >= 0.6 is 0 Å². The number of nitrogens with zero attached hydrogens (tertiary/aromatic N) is 1. The SMILES string of the molecule is O=C(CCC(=O)NC1CCC(C(=O)O)CC1)Nc1ccc2[nH]c(=O)[nH]c2n1. The number of imidazole rings is 1. The largest absolute Gasteiger partial charge is 0.481 e. The monoisotopic (exact) mass is 375 g/mol. The number of aromatic amines is 2. The number of H-pyrrole nitrogens is 2. The number of rotatable bonds is 6. The lowest BCUT2D eigenvalue weighted by Gasteiger charge is -2.26. The molecule has 5 N–H and O–H groups in total. The van der Waals surface area contributed by atoms with Crippen molar-refractivity contribution < 1.29 is 19.5 Å². The van der Waals surface area contributed by atoms with Gasteiger partial charge in [0.2, 0.25) is 11.8 Å². The molecule has 0 atom stereocenters. The van der Waals surface area contributed by atoms with Gasteiger partial charge in [-0.25, -0.2) is 9.78 Å². The Hall–Kier alpha value is -3.17. The number of anilines is 1. The molecule has 0 bridgehead atoms. The standard InChI is InChI=1S/C17H21N5O5/c23-13(18-10-3-1-9(2-4-10)16(25)26)7-8-14(24)20-12-6-5-11-15(21-12)22-17(27)19-11/h5-6,9-10H,1-4,7-8H2,(H,18,23)(H,25,26)(H3,19,20,21,22,24,27). The fraction of sp³-hybridized carbons (Fsp3) is 0.471. The Morgan fingerprint density at radius 2 is 1.78 bits per heavy atom. The quantitative estimate of drug-likeness (QED) is 0.501. The maximum Gasteiger partial charge on any atom is 0.325 e. The van der Waals surface area contributed by atoms with E-state index in [4.69, 9.17) is 5.11 Å². The highest BCUT2D eigenvalue weighted by atomic mass is 16.4. The Balaban J connectivity index is 1.42. The second-order valence-electron chi connectivity index (χ2n) is 6.67. The van der Waals surface area contributed by atoms with Gasteiger partial charge >= 0.3 is 11.7 Å². The summed E-state index contributed by atoms with van der Waals surface area (Å²) >= 11 is 0. The number of fused-ring (bicyclic) bond motifs is 1. The third-order valence-electron chi connectivity index (χ3n) is 4.66. The second kappa shape index (κ2) is 8.02. The summed E-state index contributed by atoms with van der Waals surface area (Å²) in [6.07, 6.45) is 2.40. The lowest BCUT2D eigenvalue weighted by molar-refractivity contribution is -0.142. The zero-order chi connectivity index (χ0) is 19.4. The van der Waals surface area contributed by atoms with Crippen molar-refractivity contribution >= 4 is 34.8 Å². The number of hydrogen-bond donors (Lipinski definition) is 5. The summed E-state index contributed by atoms with van der Waals surface area (Å²) in [6.45, 7) is 0. The van der Waals surface area contributed by atoms with Crippen molar-refractivity contribution in [1.82, 2.24) is 20.3 Å². The predicted molar refractivity (Wildman–Crippen MR) is 96.1 cm³/mol. The van der Waals surface area contributed by atoms with Crippen LogP contribution < -0.4 is 16.3 Å². The van der Waals surface area contributed by atoms with Crippen LogP contribution in [0.1, 0.15) is 38.5 Å². The lowest BCUT2D eigenvalue weighted by atomic mass is 9.86. The highest BCUT2D eigenvalue weighted by Crippen LogP contribution is 2.24. The van der Waals surface area contributed by atoms with Gasteiger partial charge in [0, 0.05) is 18.9 Å². The van der Waals surface area contributed by atoms with Crippen LogP contribution in [0.3, 0.4) is 0 Å². The molecule has 10 nitrogen and oxygen atoms in total. The number of carbonyl (C=O) groups excluding carboxylic acids is 2. The van der Waals surface area contributed by atoms with E-state index >= 15 is 0 Å². The van der Waals surface area contributed by atoms with Crippen LogP contribution in [0, 0.1) is 5.92 Å². The van der Waals surface area contributed by atoms with Crippen LogP contribution in [0.4, 0.5) is 5.82 Å². The fourth-order valence-electron chi connectivity index (χ4n) is 3.20. The normalized spacial score (nSPS) is 19.6. The smallest absolute Gasteiger partial charge is 0.325 e. The molecule has 0 saturated heterocycles. The molecule has 2 heterocycles. The van der Waals surface area contributed by atoms with Gasteiger partial charge in [-0.3, -0.25) is 19.4 Å². The maximum absolute atomic E-state index is 12.0. The van der Waals surface area contributed by atoms with E-state index < -0.39 is 5.97 Å². The van der Waals surface area contributed by atoms with E-state index in [-0.39, 0.29) is 48.1 Å². The first-order valence-corrected chi connectivity index (χ1v) is 8.82. The van der Waals surface area contributed by atoms with Gasteiger partial charge < -0.3 is 20.7 Å². The molecule has 0 spiro atoms. The van der Waals surface area contributed by atoms with E-state index in [2.05, 4.69) is 25.6 Å². The molecule has 2 aromatic rings. The van der Waals surface area contributed by atoms with Crippen LogP contribution in [0.15, 0.2) is 16.9 Å². The van der Waals surface area contributed by atoms with Crippen molar-refractivity contribution in [3.8, 4) is 0 Å². The van der Waals surface area contributed by atoms with Gasteiger partial charge in [-0.15, -0.1) is 0 Å². The second-order valence-corrected chi connectivity index (χ2v) is 6.67. The van der Waals surface area contributed by atoms with Crippen molar-refractivity contribution in [2.24, 2.45) is 5.92 Å². The van der Waals surface area contributed by atoms with E-state index in [1.54, 1.807) is 12.1 Å². The molecular formula is C17H21N5O5. The molecule has 1 saturated carbocycles. The Morgan fingerprint density at radius 3 is 2.48 bits per heavy atom. The molecule has 3 rings (SSSR count). The third kappa shape index (κ3) is 4.93. The molecule has 0 unspecified atom stereocenters. The van der Waals surface area contributed by atoms with Gasteiger partial charge in [0.05, 0.1) is 11.4 Å². The number of hydrogen-bond acceptors (Lipinski definition) is 5. The molecule has 1 aliphatic rings. The summed E-state index contributed by atoms with van der Waals surface area (Å²) in [4.78, 5) is 55.3. The van der Waals surface area contributed by atoms with Crippen LogP contribution in [0.5, 0.6) is 0 Å². The number of amides is 2. The number of carboxylic acids is 1. The molecule has 2 amide bonds. The van der Waals surface area contributed by atoms with Crippen molar-refractivity contribution in [2.75, 3.05) is 5.32 Å². The molecule has 0 radical (unpaired) electrons. The Bertz CT molecular complexity index is 910. The zero-order valence-corrected chi connectivity index (χ0v) is 14.6. The molecule has 144 valence electrons. The van der Waals surface area contributed by atoms with Gasteiger partial charge in [-0.2, -0.15) is 0 Å². The fourth-order valence-corrected chi connectivity index (χ4v) is 3.20. The summed E-state index contributed by atoms with van der Waals surface area (Å²) < 4.78 is 0. The van der Waals surface area contributed by atoms with Gasteiger partial charge in [-0.05, 0) is 37.8 Å². The molecule has 1 aliphatic carbocycles. The van der Waals surface area contributed by atoms with Crippen LogP contribution in [0.25, 0.3) is 11.2 Å². The van der Waals surface area contributed by atoms with Crippen LogP contribution in [0.2, 0.25) is 0 Å².